The molecule has 3 nitrogen and oxygen atoms in total. The molecule has 1 heterocycles. The fourth-order valence-corrected chi connectivity index (χ4v) is 2.66. The molecule has 19 heavy (non-hydrogen) atoms. The van der Waals surface area contributed by atoms with E-state index < -0.39 is 0 Å². The third-order valence-electron chi connectivity index (χ3n) is 3.78. The predicted molar refractivity (Wildman–Crippen MR) is 78.1 cm³/mol. The number of hydrogen-bond acceptors (Lipinski definition) is 2. The van der Waals surface area contributed by atoms with E-state index in [4.69, 9.17) is 0 Å². The summed E-state index contributed by atoms with van der Waals surface area (Å²) in [5.74, 6) is 0.917. The van der Waals surface area contributed by atoms with Crippen molar-refractivity contribution >= 4 is 5.91 Å². The van der Waals surface area contributed by atoms with E-state index in [1.54, 1.807) is 0 Å². The van der Waals surface area contributed by atoms with E-state index in [1.165, 1.54) is 18.4 Å². The number of carbonyl (C=O) groups excluding carboxylic acids is 1. The lowest BCUT2D eigenvalue weighted by atomic mass is 9.95. The maximum absolute atomic E-state index is 11.8. The van der Waals surface area contributed by atoms with Crippen molar-refractivity contribution in [2.45, 2.75) is 32.6 Å². The van der Waals surface area contributed by atoms with E-state index in [-0.39, 0.29) is 5.91 Å². The molecule has 0 bridgehead atoms. The van der Waals surface area contributed by atoms with E-state index in [0.29, 0.717) is 6.42 Å². The number of carbonyl (C=O) groups is 1. The normalized spacial score (nSPS) is 16.3. The minimum Gasteiger partial charge on any atom is -0.356 e. The van der Waals surface area contributed by atoms with E-state index >= 15 is 0 Å². The van der Waals surface area contributed by atoms with Crippen molar-refractivity contribution in [1.29, 1.82) is 0 Å². The molecule has 0 atom stereocenters. The first-order valence-electron chi connectivity index (χ1n) is 7.27. The smallest absolute Gasteiger partial charge is 0.224 e. The zero-order chi connectivity index (χ0) is 13.5. The van der Waals surface area contributed by atoms with Crippen LogP contribution in [0.5, 0.6) is 0 Å². The largest absolute Gasteiger partial charge is 0.356 e. The van der Waals surface area contributed by atoms with Gasteiger partial charge < -0.3 is 10.6 Å². The number of hydrogen-bond donors (Lipinski definition) is 2. The Morgan fingerprint density at radius 2 is 2.16 bits per heavy atom. The zero-order valence-corrected chi connectivity index (χ0v) is 11.7. The number of benzene rings is 1. The van der Waals surface area contributed by atoms with Crippen LogP contribution in [-0.2, 0) is 11.2 Å². The van der Waals surface area contributed by atoms with Crippen LogP contribution in [0.4, 0.5) is 0 Å². The molecule has 0 spiro atoms. The molecule has 0 radical (unpaired) electrons. The summed E-state index contributed by atoms with van der Waals surface area (Å²) in [5.41, 5.74) is 2.30. The van der Waals surface area contributed by atoms with Crippen LogP contribution in [0.2, 0.25) is 0 Å². The Kier molecular flexibility index (Phi) is 5.40. The molecule has 2 rings (SSSR count). The van der Waals surface area contributed by atoms with E-state index in [1.807, 2.05) is 12.1 Å². The average Bonchev–Trinajstić information content (AvgIpc) is 2.40. The van der Waals surface area contributed by atoms with Gasteiger partial charge in [-0.1, -0.05) is 29.8 Å². The second-order valence-electron chi connectivity index (χ2n) is 5.50. The van der Waals surface area contributed by atoms with Crippen molar-refractivity contribution < 1.29 is 4.79 Å². The molecule has 0 aliphatic carbocycles. The van der Waals surface area contributed by atoms with Gasteiger partial charge >= 0.3 is 0 Å². The Balaban J connectivity index is 1.67. The summed E-state index contributed by atoms with van der Waals surface area (Å²) in [4.78, 5) is 11.8. The molecule has 0 aromatic heterocycles. The quantitative estimate of drug-likeness (QED) is 0.850. The number of nitrogens with one attached hydrogen (secondary N) is 2. The van der Waals surface area contributed by atoms with Crippen molar-refractivity contribution in [3.63, 3.8) is 0 Å². The van der Waals surface area contributed by atoms with Gasteiger partial charge in [-0.2, -0.15) is 0 Å². The van der Waals surface area contributed by atoms with Gasteiger partial charge in [0.25, 0.3) is 0 Å². The number of rotatable bonds is 5. The van der Waals surface area contributed by atoms with Gasteiger partial charge in [-0.05, 0) is 50.8 Å². The van der Waals surface area contributed by atoms with Gasteiger partial charge in [0.15, 0.2) is 0 Å². The minimum absolute atomic E-state index is 0.138. The highest BCUT2D eigenvalue weighted by atomic mass is 16.1. The second-order valence-corrected chi connectivity index (χ2v) is 5.50. The molecule has 1 aromatic carbocycles. The average molecular weight is 260 g/mol. The van der Waals surface area contributed by atoms with Gasteiger partial charge in [-0.15, -0.1) is 0 Å². The lowest BCUT2D eigenvalue weighted by Crippen LogP contribution is -2.31. The van der Waals surface area contributed by atoms with Crippen molar-refractivity contribution in [3.8, 4) is 0 Å². The van der Waals surface area contributed by atoms with Crippen LogP contribution in [0.1, 0.15) is 30.4 Å². The molecule has 3 heteroatoms. The summed E-state index contributed by atoms with van der Waals surface area (Å²) >= 11 is 0. The van der Waals surface area contributed by atoms with Crippen LogP contribution in [0.15, 0.2) is 24.3 Å². The highest BCUT2D eigenvalue weighted by Gasteiger charge is 2.12. The van der Waals surface area contributed by atoms with Gasteiger partial charge in [0, 0.05) is 6.54 Å². The molecular formula is C16H24N2O. The van der Waals surface area contributed by atoms with Gasteiger partial charge in [-0.3, -0.25) is 4.79 Å². The first kappa shape index (κ1) is 14.1. The van der Waals surface area contributed by atoms with Crippen LogP contribution in [0.25, 0.3) is 0 Å². The molecule has 1 fully saturated rings. The van der Waals surface area contributed by atoms with Gasteiger partial charge in [0.2, 0.25) is 5.91 Å². The molecule has 1 aromatic rings. The lowest BCUT2D eigenvalue weighted by Gasteiger charge is -2.22. The Labute approximate surface area is 115 Å². The highest BCUT2D eigenvalue weighted by molar-refractivity contribution is 5.78. The third-order valence-corrected chi connectivity index (χ3v) is 3.78. The van der Waals surface area contributed by atoms with Crippen molar-refractivity contribution in [2.75, 3.05) is 19.6 Å². The molecule has 0 unspecified atom stereocenters. The van der Waals surface area contributed by atoms with Crippen LogP contribution >= 0.6 is 0 Å². The minimum atomic E-state index is 0.138. The molecule has 1 amide bonds. The molecule has 0 saturated carbocycles. The Morgan fingerprint density at radius 3 is 2.89 bits per heavy atom. The molecule has 104 valence electrons. The topological polar surface area (TPSA) is 41.1 Å². The van der Waals surface area contributed by atoms with Crippen LogP contribution < -0.4 is 10.6 Å². The number of piperidine rings is 1. The summed E-state index contributed by atoms with van der Waals surface area (Å²) in [7, 11) is 0. The summed E-state index contributed by atoms with van der Waals surface area (Å²) in [6.07, 6.45) is 4.09. The molecule has 1 saturated heterocycles. The number of amides is 1. The Morgan fingerprint density at radius 1 is 1.37 bits per heavy atom. The van der Waals surface area contributed by atoms with Crippen molar-refractivity contribution in [3.05, 3.63) is 35.4 Å². The van der Waals surface area contributed by atoms with E-state index in [9.17, 15) is 4.79 Å². The third kappa shape index (κ3) is 5.03. The Bertz CT molecular complexity index is 411. The monoisotopic (exact) mass is 260 g/mol. The SMILES string of the molecule is Cc1cccc(CC(=O)NCCC2CCNCC2)c1. The second kappa shape index (κ2) is 7.29. The summed E-state index contributed by atoms with van der Waals surface area (Å²) in [6.45, 7) is 5.12. The molecule has 1 aliphatic rings. The van der Waals surface area contributed by atoms with E-state index in [0.717, 1.165) is 37.5 Å². The maximum Gasteiger partial charge on any atom is 0.224 e. The van der Waals surface area contributed by atoms with Crippen LogP contribution in [0.3, 0.4) is 0 Å². The van der Waals surface area contributed by atoms with Crippen LogP contribution in [0, 0.1) is 12.8 Å². The maximum atomic E-state index is 11.8. The predicted octanol–water partition coefficient (Wildman–Crippen LogP) is 2.04. The van der Waals surface area contributed by atoms with Crippen molar-refractivity contribution in [1.82, 2.24) is 10.6 Å². The summed E-state index contributed by atoms with van der Waals surface area (Å²) < 4.78 is 0. The first-order chi connectivity index (χ1) is 9.24. The molecular weight excluding hydrogens is 236 g/mol. The fraction of sp³-hybridized carbons (Fsp3) is 0.562. The summed E-state index contributed by atoms with van der Waals surface area (Å²) in [6, 6.07) is 8.15. The fourth-order valence-electron chi connectivity index (χ4n) is 2.66. The van der Waals surface area contributed by atoms with Gasteiger partial charge in [-0.25, -0.2) is 0 Å². The van der Waals surface area contributed by atoms with E-state index in [2.05, 4.69) is 29.7 Å². The zero-order valence-electron chi connectivity index (χ0n) is 11.7. The highest BCUT2D eigenvalue weighted by Crippen LogP contribution is 2.14. The molecule has 2 N–H and O–H groups in total. The standard InChI is InChI=1S/C16H24N2O/c1-13-3-2-4-15(11-13)12-16(19)18-10-7-14-5-8-17-9-6-14/h2-4,11,14,17H,5-10,12H2,1H3,(H,18,19). The molecule has 1 aliphatic heterocycles. The number of aryl methyl sites for hydroxylation is 1. The summed E-state index contributed by atoms with van der Waals surface area (Å²) in [5, 5.41) is 6.40. The first-order valence-corrected chi connectivity index (χ1v) is 7.27. The Hall–Kier alpha value is -1.35. The van der Waals surface area contributed by atoms with Crippen LogP contribution in [-0.4, -0.2) is 25.5 Å². The van der Waals surface area contributed by atoms with Crippen molar-refractivity contribution in [2.24, 2.45) is 5.92 Å². The lowest BCUT2D eigenvalue weighted by molar-refractivity contribution is -0.120. The van der Waals surface area contributed by atoms with Gasteiger partial charge in [0.05, 0.1) is 6.42 Å². The van der Waals surface area contributed by atoms with Gasteiger partial charge in [0.1, 0.15) is 0 Å².